The fraction of sp³-hybridized carbons (Fsp3) is 0.250. The number of hydrogen-bond acceptors (Lipinski definition) is 6. The molecule has 0 unspecified atom stereocenters. The van der Waals surface area contributed by atoms with Crippen LogP contribution in [-0.4, -0.2) is 40.4 Å². The Bertz CT molecular complexity index is 1690. The van der Waals surface area contributed by atoms with E-state index in [1.54, 1.807) is 22.2 Å². The van der Waals surface area contributed by atoms with Crippen LogP contribution in [0.4, 0.5) is 5.69 Å². The molecule has 1 saturated heterocycles. The van der Waals surface area contributed by atoms with Gasteiger partial charge < -0.3 is 10.2 Å². The summed E-state index contributed by atoms with van der Waals surface area (Å²) in [4.78, 5) is 21.3. The number of halogens is 1. The minimum absolute atomic E-state index is 0.0765. The van der Waals surface area contributed by atoms with E-state index in [2.05, 4.69) is 44.6 Å². The summed E-state index contributed by atoms with van der Waals surface area (Å²) in [5, 5.41) is 10.2. The van der Waals surface area contributed by atoms with Crippen LogP contribution >= 0.6 is 22.9 Å². The Morgan fingerprint density at radius 1 is 1.11 bits per heavy atom. The molecule has 36 heavy (non-hydrogen) atoms. The molecule has 0 bridgehead atoms. The number of anilines is 1. The molecule has 1 fully saturated rings. The van der Waals surface area contributed by atoms with Crippen LogP contribution in [-0.2, 0) is 13.0 Å². The molecule has 3 aromatic heterocycles. The molecule has 5 heterocycles. The van der Waals surface area contributed by atoms with Gasteiger partial charge in [-0.1, -0.05) is 29.8 Å². The summed E-state index contributed by atoms with van der Waals surface area (Å²) in [6, 6.07) is 16.5. The van der Waals surface area contributed by atoms with Crippen LogP contribution in [0.1, 0.15) is 16.9 Å². The van der Waals surface area contributed by atoms with Crippen molar-refractivity contribution in [1.29, 1.82) is 0 Å². The minimum atomic E-state index is -0.0765. The summed E-state index contributed by atoms with van der Waals surface area (Å²) in [7, 11) is 0. The van der Waals surface area contributed by atoms with Gasteiger partial charge in [-0.2, -0.15) is 5.10 Å². The molecule has 6 nitrogen and oxygen atoms in total. The Hall–Kier alpha value is -3.26. The van der Waals surface area contributed by atoms with Gasteiger partial charge in [0.15, 0.2) is 0 Å². The van der Waals surface area contributed by atoms with E-state index in [4.69, 9.17) is 11.6 Å². The molecule has 0 saturated carbocycles. The number of pyridine rings is 1. The fourth-order valence-corrected chi connectivity index (χ4v) is 6.83. The number of hydrogen-bond donors (Lipinski definition) is 1. The molecule has 8 heteroatoms. The Balaban J connectivity index is 1.34. The molecule has 2 aliphatic heterocycles. The highest BCUT2D eigenvalue weighted by atomic mass is 35.5. The number of fused-ring (bicyclic) bond motifs is 3. The molecule has 7 rings (SSSR count). The summed E-state index contributed by atoms with van der Waals surface area (Å²) in [6.07, 6.45) is 5.82. The van der Waals surface area contributed by atoms with Gasteiger partial charge in [0.1, 0.15) is 0 Å². The summed E-state index contributed by atoms with van der Waals surface area (Å²) in [6.45, 7) is 3.51. The van der Waals surface area contributed by atoms with Crippen molar-refractivity contribution in [3.05, 3.63) is 86.7 Å². The third kappa shape index (κ3) is 3.61. The lowest BCUT2D eigenvalue weighted by molar-refractivity contribution is 0.406. The molecule has 5 aromatic rings. The monoisotopic (exact) mass is 513 g/mol. The Morgan fingerprint density at radius 3 is 2.86 bits per heavy atom. The average molecular weight is 514 g/mol. The first-order chi connectivity index (χ1) is 17.7. The van der Waals surface area contributed by atoms with E-state index >= 15 is 0 Å². The zero-order valence-corrected chi connectivity index (χ0v) is 21.1. The van der Waals surface area contributed by atoms with Crippen LogP contribution in [0.2, 0.25) is 5.02 Å². The van der Waals surface area contributed by atoms with Crippen LogP contribution in [0.3, 0.4) is 0 Å². The third-order valence-corrected chi connectivity index (χ3v) is 8.67. The number of thiophene rings is 1. The zero-order chi connectivity index (χ0) is 24.2. The second-order valence-electron chi connectivity index (χ2n) is 9.55. The number of nitrogens with zero attached hydrogens (tertiary/aromatic N) is 4. The van der Waals surface area contributed by atoms with Crippen molar-refractivity contribution >= 4 is 49.6 Å². The Kier molecular flexibility index (Phi) is 5.31. The van der Waals surface area contributed by atoms with Crippen LogP contribution in [0.15, 0.2) is 65.7 Å². The highest BCUT2D eigenvalue weighted by Gasteiger charge is 2.31. The van der Waals surface area contributed by atoms with Crippen molar-refractivity contribution in [3.8, 4) is 11.1 Å². The van der Waals surface area contributed by atoms with Gasteiger partial charge in [-0.05, 0) is 48.7 Å². The number of rotatable bonds is 4. The van der Waals surface area contributed by atoms with E-state index in [0.29, 0.717) is 18.0 Å². The lowest BCUT2D eigenvalue weighted by atomic mass is 9.92. The van der Waals surface area contributed by atoms with Gasteiger partial charge in [-0.15, -0.1) is 11.3 Å². The Labute approximate surface area is 217 Å². The van der Waals surface area contributed by atoms with Gasteiger partial charge in [0.25, 0.3) is 5.56 Å². The molecule has 1 N–H and O–H groups in total. The highest BCUT2D eigenvalue weighted by molar-refractivity contribution is 7.19. The summed E-state index contributed by atoms with van der Waals surface area (Å²) >= 11 is 8.32. The Morgan fingerprint density at radius 2 is 2.00 bits per heavy atom. The summed E-state index contributed by atoms with van der Waals surface area (Å²) < 4.78 is 2.65. The van der Waals surface area contributed by atoms with E-state index in [9.17, 15) is 4.79 Å². The molecule has 2 aromatic carbocycles. The lowest BCUT2D eigenvalue weighted by Crippen LogP contribution is -2.58. The number of benzene rings is 2. The van der Waals surface area contributed by atoms with Crippen molar-refractivity contribution in [3.63, 3.8) is 0 Å². The molecule has 0 aliphatic carbocycles. The van der Waals surface area contributed by atoms with Crippen LogP contribution in [0, 0.1) is 0 Å². The lowest BCUT2D eigenvalue weighted by Gasteiger charge is -2.44. The molecule has 2 aliphatic rings. The van der Waals surface area contributed by atoms with Crippen LogP contribution < -0.4 is 15.8 Å². The van der Waals surface area contributed by atoms with Gasteiger partial charge >= 0.3 is 0 Å². The standard InChI is InChI=1S/C28H24ClN5OS/c29-19-10-17-5-3-9-33(20-14-30-15-20)26(17)24(11-19)23-7-8-31-25-12-21(36-27(23)25)16-34-28(35)22-6-2-1-4-18(22)13-32-34/h1-2,4,6-8,10-13,20,30H,3,5,9,14-16H2. The first-order valence-electron chi connectivity index (χ1n) is 12.3. The average Bonchev–Trinajstić information content (AvgIpc) is 3.27. The van der Waals surface area contributed by atoms with Crippen LogP contribution in [0.5, 0.6) is 0 Å². The second-order valence-corrected chi connectivity index (χ2v) is 11.1. The van der Waals surface area contributed by atoms with E-state index in [0.717, 1.165) is 63.5 Å². The van der Waals surface area contributed by atoms with E-state index in [-0.39, 0.29) is 5.56 Å². The van der Waals surface area contributed by atoms with Gasteiger partial charge in [0.05, 0.1) is 34.4 Å². The fourth-order valence-electron chi connectivity index (χ4n) is 5.47. The van der Waals surface area contributed by atoms with Crippen molar-refractivity contribution in [2.45, 2.75) is 25.4 Å². The van der Waals surface area contributed by atoms with E-state index in [1.165, 1.54) is 16.8 Å². The van der Waals surface area contributed by atoms with Crippen LogP contribution in [0.25, 0.3) is 32.1 Å². The summed E-state index contributed by atoms with van der Waals surface area (Å²) in [5.41, 5.74) is 5.81. The first kappa shape index (κ1) is 22.0. The predicted molar refractivity (Wildman–Crippen MR) is 147 cm³/mol. The predicted octanol–water partition coefficient (Wildman–Crippen LogP) is 5.10. The third-order valence-electron chi connectivity index (χ3n) is 7.31. The normalized spacial score (nSPS) is 15.9. The molecule has 0 atom stereocenters. The quantitative estimate of drug-likeness (QED) is 0.362. The number of aromatic nitrogens is 3. The highest BCUT2D eigenvalue weighted by Crippen LogP contribution is 2.44. The number of aryl methyl sites for hydroxylation is 1. The second kappa shape index (κ2) is 8.69. The van der Waals surface area contributed by atoms with Gasteiger partial charge in [0, 0.05) is 57.9 Å². The maximum atomic E-state index is 13.0. The maximum Gasteiger partial charge on any atom is 0.274 e. The molecular formula is C28H24ClN5OS. The van der Waals surface area contributed by atoms with Crippen molar-refractivity contribution in [2.75, 3.05) is 24.5 Å². The molecule has 0 radical (unpaired) electrons. The van der Waals surface area contributed by atoms with Crippen molar-refractivity contribution < 1.29 is 0 Å². The van der Waals surface area contributed by atoms with Crippen molar-refractivity contribution in [2.24, 2.45) is 0 Å². The first-order valence-corrected chi connectivity index (χ1v) is 13.5. The molecule has 0 spiro atoms. The molecule has 0 amide bonds. The SMILES string of the molecule is O=c1c2ccccc2cnn1Cc1cc2nccc(-c3cc(Cl)cc4c3N(C3CNC3)CCC4)c2s1. The maximum absolute atomic E-state index is 13.0. The minimum Gasteiger partial charge on any atom is -0.365 e. The molecular weight excluding hydrogens is 490 g/mol. The largest absolute Gasteiger partial charge is 0.365 e. The smallest absolute Gasteiger partial charge is 0.274 e. The van der Waals surface area contributed by atoms with Gasteiger partial charge in [-0.3, -0.25) is 9.78 Å². The van der Waals surface area contributed by atoms with Gasteiger partial charge in [-0.25, -0.2) is 4.68 Å². The van der Waals surface area contributed by atoms with Gasteiger partial charge in [0.2, 0.25) is 0 Å². The number of nitrogens with one attached hydrogen (secondary N) is 1. The van der Waals surface area contributed by atoms with E-state index in [1.807, 2.05) is 30.5 Å². The van der Waals surface area contributed by atoms with Crippen molar-refractivity contribution in [1.82, 2.24) is 20.1 Å². The summed E-state index contributed by atoms with van der Waals surface area (Å²) in [5.74, 6) is 0. The zero-order valence-electron chi connectivity index (χ0n) is 19.6. The topological polar surface area (TPSA) is 63.1 Å². The molecule has 180 valence electrons. The van der Waals surface area contributed by atoms with E-state index < -0.39 is 0 Å².